The van der Waals surface area contributed by atoms with E-state index in [-0.39, 0.29) is 17.1 Å². The predicted octanol–water partition coefficient (Wildman–Crippen LogP) is 0.302. The molecule has 2 rings (SSSR count). The molecule has 110 valence electrons. The van der Waals surface area contributed by atoms with Gasteiger partial charge in [-0.1, -0.05) is 0 Å². The molecule has 2 aromatic heterocycles. The van der Waals surface area contributed by atoms with E-state index in [1.165, 1.54) is 9.13 Å². The molecule has 0 aromatic carbocycles. The zero-order valence-corrected chi connectivity index (χ0v) is 12.5. The Balaban J connectivity index is 2.88. The van der Waals surface area contributed by atoms with Crippen molar-refractivity contribution in [2.24, 2.45) is 7.05 Å². The number of aryl methyl sites for hydroxylation is 1. The molecular weight excluding hydrogens is 284 g/mol. The molecule has 7 nitrogen and oxygen atoms in total. The van der Waals surface area contributed by atoms with Crippen LogP contribution in [0.2, 0.25) is 0 Å². The van der Waals surface area contributed by atoms with Crippen molar-refractivity contribution in [3.05, 3.63) is 26.7 Å². The van der Waals surface area contributed by atoms with Gasteiger partial charge in [0.05, 0.1) is 19.0 Å². The molecule has 0 unspecified atom stereocenters. The van der Waals surface area contributed by atoms with Crippen LogP contribution in [0.3, 0.4) is 0 Å². The van der Waals surface area contributed by atoms with Gasteiger partial charge in [0.1, 0.15) is 5.82 Å². The van der Waals surface area contributed by atoms with E-state index in [1.54, 1.807) is 25.6 Å². The summed E-state index contributed by atoms with van der Waals surface area (Å²) in [5, 5.41) is 0. The third-order valence-corrected chi connectivity index (χ3v) is 3.53. The van der Waals surface area contributed by atoms with E-state index in [9.17, 15) is 9.59 Å². The van der Waals surface area contributed by atoms with E-state index in [1.807, 2.05) is 0 Å². The molecule has 0 aliphatic rings. The molecule has 2 heterocycles. The quantitative estimate of drug-likeness (QED) is 0.745. The van der Waals surface area contributed by atoms with Crippen LogP contribution in [0.5, 0.6) is 0 Å². The van der Waals surface area contributed by atoms with Gasteiger partial charge in [0.15, 0.2) is 11.2 Å². The van der Waals surface area contributed by atoms with Crippen molar-refractivity contribution in [2.45, 2.75) is 25.9 Å². The third-order valence-electron chi connectivity index (χ3n) is 3.29. The van der Waals surface area contributed by atoms with Gasteiger partial charge in [-0.15, -0.1) is 11.6 Å². The molecular formula is C12H17ClN4O3. The second-order valence-electron chi connectivity index (χ2n) is 4.37. The Morgan fingerprint density at radius 1 is 1.30 bits per heavy atom. The number of hydrogen-bond acceptors (Lipinski definition) is 4. The Morgan fingerprint density at radius 2 is 2.00 bits per heavy atom. The molecule has 0 saturated heterocycles. The van der Waals surface area contributed by atoms with Crippen molar-refractivity contribution in [3.63, 3.8) is 0 Å². The van der Waals surface area contributed by atoms with E-state index in [0.29, 0.717) is 36.7 Å². The van der Waals surface area contributed by atoms with Crippen LogP contribution in [0.4, 0.5) is 0 Å². The smallest absolute Gasteiger partial charge is 0.332 e. The van der Waals surface area contributed by atoms with E-state index in [2.05, 4.69) is 4.98 Å². The maximum Gasteiger partial charge on any atom is 0.332 e. The molecule has 0 radical (unpaired) electrons. The number of ether oxygens (including phenoxy) is 1. The number of alkyl halides is 1. The monoisotopic (exact) mass is 300 g/mol. The van der Waals surface area contributed by atoms with Crippen molar-refractivity contribution in [2.75, 3.05) is 13.7 Å². The minimum Gasteiger partial charge on any atom is -0.383 e. The lowest BCUT2D eigenvalue weighted by Gasteiger charge is -2.09. The summed E-state index contributed by atoms with van der Waals surface area (Å²) in [6, 6.07) is 0. The highest BCUT2D eigenvalue weighted by Gasteiger charge is 2.18. The van der Waals surface area contributed by atoms with Crippen LogP contribution < -0.4 is 11.2 Å². The van der Waals surface area contributed by atoms with E-state index in [0.717, 1.165) is 0 Å². The highest BCUT2D eigenvalue weighted by molar-refractivity contribution is 6.16. The van der Waals surface area contributed by atoms with Gasteiger partial charge < -0.3 is 9.30 Å². The summed E-state index contributed by atoms with van der Waals surface area (Å²) in [5.41, 5.74) is 0.0342. The van der Waals surface area contributed by atoms with Crippen molar-refractivity contribution in [1.29, 1.82) is 0 Å². The van der Waals surface area contributed by atoms with Crippen LogP contribution in [0.25, 0.3) is 11.2 Å². The van der Waals surface area contributed by atoms with Crippen LogP contribution >= 0.6 is 11.6 Å². The Hall–Kier alpha value is -1.60. The molecule has 0 spiro atoms. The SMILES string of the molecule is CCn1c(=O)c2c(nc(CCl)n2C)n(CCOC)c1=O. The zero-order chi connectivity index (χ0) is 14.9. The van der Waals surface area contributed by atoms with E-state index < -0.39 is 0 Å². The van der Waals surface area contributed by atoms with Gasteiger partial charge in [-0.25, -0.2) is 9.78 Å². The number of imidazole rings is 1. The minimum absolute atomic E-state index is 0.176. The van der Waals surface area contributed by atoms with Gasteiger partial charge in [0.2, 0.25) is 0 Å². The van der Waals surface area contributed by atoms with Crippen molar-refractivity contribution in [1.82, 2.24) is 18.7 Å². The zero-order valence-electron chi connectivity index (χ0n) is 11.7. The lowest BCUT2D eigenvalue weighted by atomic mass is 10.4. The van der Waals surface area contributed by atoms with Crippen molar-refractivity contribution in [3.8, 4) is 0 Å². The van der Waals surface area contributed by atoms with Crippen LogP contribution in [-0.2, 0) is 30.8 Å². The van der Waals surface area contributed by atoms with Gasteiger partial charge in [-0.2, -0.15) is 0 Å². The maximum atomic E-state index is 12.4. The normalized spacial score (nSPS) is 11.4. The summed E-state index contributed by atoms with van der Waals surface area (Å²) < 4.78 is 9.30. The molecule has 8 heteroatoms. The molecule has 0 aliphatic carbocycles. The molecule has 0 atom stereocenters. The maximum absolute atomic E-state index is 12.4. The predicted molar refractivity (Wildman–Crippen MR) is 76.3 cm³/mol. The van der Waals surface area contributed by atoms with Gasteiger partial charge >= 0.3 is 5.69 Å². The van der Waals surface area contributed by atoms with Crippen LogP contribution in [0, 0.1) is 0 Å². The second-order valence-corrected chi connectivity index (χ2v) is 4.64. The number of nitrogens with zero attached hydrogens (tertiary/aromatic N) is 4. The van der Waals surface area contributed by atoms with Crippen molar-refractivity contribution >= 4 is 22.8 Å². The number of halogens is 1. The van der Waals surface area contributed by atoms with Gasteiger partial charge in [0, 0.05) is 20.7 Å². The summed E-state index contributed by atoms with van der Waals surface area (Å²) in [5.74, 6) is 0.730. The Bertz CT molecular complexity index is 744. The molecule has 20 heavy (non-hydrogen) atoms. The number of fused-ring (bicyclic) bond motifs is 1. The standard InChI is InChI=1S/C12H17ClN4O3/c1-4-16-11(18)9-10(14-8(7-13)15(9)2)17(12(16)19)5-6-20-3/h4-7H2,1-3H3. The number of aromatic nitrogens is 4. The molecule has 0 N–H and O–H groups in total. The topological polar surface area (TPSA) is 71.1 Å². The fraction of sp³-hybridized carbons (Fsp3) is 0.583. The summed E-state index contributed by atoms with van der Waals surface area (Å²) in [6.07, 6.45) is 0. The van der Waals surface area contributed by atoms with E-state index in [4.69, 9.17) is 16.3 Å². The highest BCUT2D eigenvalue weighted by atomic mass is 35.5. The minimum atomic E-state index is -0.374. The fourth-order valence-corrected chi connectivity index (χ4v) is 2.43. The van der Waals surface area contributed by atoms with Crippen LogP contribution in [0.15, 0.2) is 9.59 Å². The average molecular weight is 301 g/mol. The lowest BCUT2D eigenvalue weighted by molar-refractivity contribution is 0.186. The summed E-state index contributed by atoms with van der Waals surface area (Å²) in [4.78, 5) is 29.0. The van der Waals surface area contributed by atoms with Gasteiger partial charge in [-0.05, 0) is 6.92 Å². The highest BCUT2D eigenvalue weighted by Crippen LogP contribution is 2.11. The fourth-order valence-electron chi connectivity index (χ4n) is 2.19. The first-order valence-corrected chi connectivity index (χ1v) is 6.84. The summed E-state index contributed by atoms with van der Waals surface area (Å²) >= 11 is 5.82. The third kappa shape index (κ3) is 2.16. The molecule has 0 amide bonds. The van der Waals surface area contributed by atoms with Crippen molar-refractivity contribution < 1.29 is 4.74 Å². The first-order valence-electron chi connectivity index (χ1n) is 6.30. The van der Waals surface area contributed by atoms with Gasteiger partial charge in [-0.3, -0.25) is 13.9 Å². The van der Waals surface area contributed by atoms with Gasteiger partial charge in [0.25, 0.3) is 5.56 Å². The molecule has 0 bridgehead atoms. The first-order chi connectivity index (χ1) is 9.56. The largest absolute Gasteiger partial charge is 0.383 e. The first kappa shape index (κ1) is 14.8. The van der Waals surface area contributed by atoms with E-state index >= 15 is 0 Å². The Morgan fingerprint density at radius 3 is 2.55 bits per heavy atom. The number of rotatable bonds is 5. The lowest BCUT2D eigenvalue weighted by Crippen LogP contribution is -2.40. The molecule has 2 aromatic rings. The average Bonchev–Trinajstić information content (AvgIpc) is 2.76. The number of methoxy groups -OCH3 is 1. The molecule has 0 saturated carbocycles. The molecule has 0 fully saturated rings. The summed E-state index contributed by atoms with van der Waals surface area (Å²) in [6.45, 7) is 2.77. The Kier molecular flexibility index (Phi) is 4.29. The Labute approximate surface area is 120 Å². The molecule has 0 aliphatic heterocycles. The second kappa shape index (κ2) is 5.80. The number of hydrogen-bond donors (Lipinski definition) is 0. The summed E-state index contributed by atoms with van der Waals surface area (Å²) in [7, 11) is 3.28. The van der Waals surface area contributed by atoms with Crippen LogP contribution in [0.1, 0.15) is 12.7 Å². The van der Waals surface area contributed by atoms with Crippen LogP contribution in [-0.4, -0.2) is 32.4 Å².